The molecule has 3 heterocycles. The van der Waals surface area contributed by atoms with E-state index in [0.29, 0.717) is 11.4 Å². The van der Waals surface area contributed by atoms with Crippen molar-refractivity contribution >= 4 is 23.4 Å². The molecule has 2 aromatic rings. The van der Waals surface area contributed by atoms with Gasteiger partial charge in [-0.1, -0.05) is 12.1 Å². The van der Waals surface area contributed by atoms with Crippen LogP contribution < -0.4 is 9.64 Å². The Hall–Kier alpha value is -2.21. The maximum absolute atomic E-state index is 12.8. The molecular weight excluding hydrogens is 358 g/mol. The number of carbonyl (C=O) groups excluding carboxylic acids is 1. The van der Waals surface area contributed by atoms with Crippen molar-refractivity contribution in [2.24, 2.45) is 0 Å². The summed E-state index contributed by atoms with van der Waals surface area (Å²) >= 11 is 1.91. The molecule has 0 aliphatic carbocycles. The summed E-state index contributed by atoms with van der Waals surface area (Å²) in [6, 6.07) is 12.2. The van der Waals surface area contributed by atoms with Gasteiger partial charge in [-0.05, 0) is 42.9 Å². The van der Waals surface area contributed by atoms with Gasteiger partial charge in [-0.15, -0.1) is 0 Å². The van der Waals surface area contributed by atoms with E-state index in [1.165, 1.54) is 11.3 Å². The molecule has 5 nitrogen and oxygen atoms in total. The zero-order valence-corrected chi connectivity index (χ0v) is 16.5. The molecule has 2 fully saturated rings. The van der Waals surface area contributed by atoms with Crippen LogP contribution in [-0.4, -0.2) is 59.6 Å². The first-order valence-electron chi connectivity index (χ1n) is 9.50. The summed E-state index contributed by atoms with van der Waals surface area (Å²) in [5.41, 5.74) is 3.12. The number of anilines is 1. The maximum Gasteiger partial charge on any atom is 0.255 e. The largest absolute Gasteiger partial charge is 0.473 e. The van der Waals surface area contributed by atoms with Crippen LogP contribution in [0.25, 0.3) is 0 Å². The highest BCUT2D eigenvalue weighted by Gasteiger charge is 2.23. The van der Waals surface area contributed by atoms with Crippen molar-refractivity contribution in [1.29, 1.82) is 0 Å². The van der Waals surface area contributed by atoms with Crippen LogP contribution in [0, 0.1) is 6.92 Å². The van der Waals surface area contributed by atoms with Gasteiger partial charge in [0.2, 0.25) is 5.88 Å². The molecule has 1 aromatic heterocycles. The summed E-state index contributed by atoms with van der Waals surface area (Å²) in [5.74, 6) is 2.83. The van der Waals surface area contributed by atoms with Gasteiger partial charge in [-0.25, -0.2) is 4.98 Å². The van der Waals surface area contributed by atoms with E-state index in [-0.39, 0.29) is 12.0 Å². The molecule has 1 atom stereocenters. The van der Waals surface area contributed by atoms with Crippen LogP contribution in [0.4, 0.5) is 5.69 Å². The van der Waals surface area contributed by atoms with E-state index >= 15 is 0 Å². The van der Waals surface area contributed by atoms with Crippen LogP contribution in [0.15, 0.2) is 42.6 Å². The highest BCUT2D eigenvalue weighted by Crippen LogP contribution is 2.22. The second-order valence-electron chi connectivity index (χ2n) is 7.11. The van der Waals surface area contributed by atoms with Crippen molar-refractivity contribution in [1.82, 2.24) is 9.88 Å². The number of rotatable bonds is 4. The Balaban J connectivity index is 1.33. The van der Waals surface area contributed by atoms with Gasteiger partial charge in [0.25, 0.3) is 5.91 Å². The van der Waals surface area contributed by atoms with Gasteiger partial charge < -0.3 is 14.5 Å². The number of aromatic nitrogens is 1. The standard InChI is InChI=1S/C21H25N3O2S/c1-16-3-2-4-18(13-16)23-8-10-24(11-9-23)21(25)17-5-6-20(22-14-17)26-19-7-12-27-15-19/h2-6,13-14,19H,7-12,15H2,1H3. The Morgan fingerprint density at radius 1 is 1.19 bits per heavy atom. The maximum atomic E-state index is 12.8. The first-order chi connectivity index (χ1) is 13.2. The minimum absolute atomic E-state index is 0.0503. The SMILES string of the molecule is Cc1cccc(N2CCN(C(=O)c3ccc(OC4CCSC4)nc3)CC2)c1. The van der Waals surface area contributed by atoms with Crippen LogP contribution in [0.1, 0.15) is 22.3 Å². The van der Waals surface area contributed by atoms with E-state index in [4.69, 9.17) is 4.74 Å². The van der Waals surface area contributed by atoms with E-state index in [1.807, 2.05) is 28.8 Å². The molecule has 142 valence electrons. The summed E-state index contributed by atoms with van der Waals surface area (Å²) in [4.78, 5) is 21.4. The number of nitrogens with zero attached hydrogens (tertiary/aromatic N) is 3. The van der Waals surface area contributed by atoms with E-state index in [1.54, 1.807) is 6.20 Å². The lowest BCUT2D eigenvalue weighted by Gasteiger charge is -2.36. The van der Waals surface area contributed by atoms with Crippen LogP contribution >= 0.6 is 11.8 Å². The minimum atomic E-state index is 0.0503. The molecular formula is C21H25N3O2S. The van der Waals surface area contributed by atoms with Crippen molar-refractivity contribution < 1.29 is 9.53 Å². The highest BCUT2D eigenvalue weighted by atomic mass is 32.2. The molecule has 4 rings (SSSR count). The number of hydrogen-bond acceptors (Lipinski definition) is 5. The number of pyridine rings is 1. The lowest BCUT2D eigenvalue weighted by atomic mass is 10.1. The summed E-state index contributed by atoms with van der Waals surface area (Å²) in [5, 5.41) is 0. The second kappa shape index (κ2) is 8.21. The smallest absolute Gasteiger partial charge is 0.255 e. The molecule has 0 N–H and O–H groups in total. The Labute approximate surface area is 164 Å². The number of piperazine rings is 1. The molecule has 2 aliphatic rings. The predicted molar refractivity (Wildman–Crippen MR) is 110 cm³/mol. The average Bonchev–Trinajstić information content (AvgIpc) is 3.21. The Bertz CT molecular complexity index is 782. The molecule has 2 saturated heterocycles. The third-order valence-corrected chi connectivity index (χ3v) is 6.22. The van der Waals surface area contributed by atoms with Gasteiger partial charge >= 0.3 is 0 Å². The molecule has 27 heavy (non-hydrogen) atoms. The van der Waals surface area contributed by atoms with Gasteiger partial charge in [0, 0.05) is 49.9 Å². The number of thioether (sulfide) groups is 1. The van der Waals surface area contributed by atoms with Gasteiger partial charge in [0.05, 0.1) is 5.56 Å². The van der Waals surface area contributed by atoms with Crippen LogP contribution in [-0.2, 0) is 0 Å². The molecule has 1 aromatic carbocycles. The van der Waals surface area contributed by atoms with Gasteiger partial charge in [-0.3, -0.25) is 4.79 Å². The van der Waals surface area contributed by atoms with Gasteiger partial charge in [-0.2, -0.15) is 11.8 Å². The normalized spacial score (nSPS) is 20.0. The third kappa shape index (κ3) is 4.38. The summed E-state index contributed by atoms with van der Waals surface area (Å²) < 4.78 is 5.86. The van der Waals surface area contributed by atoms with E-state index in [0.717, 1.165) is 44.1 Å². The molecule has 0 saturated carbocycles. The molecule has 2 aliphatic heterocycles. The van der Waals surface area contributed by atoms with Crippen LogP contribution in [0.3, 0.4) is 0 Å². The van der Waals surface area contributed by atoms with Gasteiger partial charge in [0.1, 0.15) is 6.10 Å². The molecule has 0 spiro atoms. The minimum Gasteiger partial charge on any atom is -0.473 e. The fourth-order valence-electron chi connectivity index (χ4n) is 3.53. The second-order valence-corrected chi connectivity index (χ2v) is 8.26. The van der Waals surface area contributed by atoms with Crippen molar-refractivity contribution in [3.8, 4) is 5.88 Å². The average molecular weight is 384 g/mol. The molecule has 1 amide bonds. The lowest BCUT2D eigenvalue weighted by Crippen LogP contribution is -2.48. The van der Waals surface area contributed by atoms with E-state index in [2.05, 4.69) is 41.1 Å². The lowest BCUT2D eigenvalue weighted by molar-refractivity contribution is 0.0746. The van der Waals surface area contributed by atoms with Crippen molar-refractivity contribution in [3.05, 3.63) is 53.7 Å². The number of aryl methyl sites for hydroxylation is 1. The van der Waals surface area contributed by atoms with E-state index in [9.17, 15) is 4.79 Å². The molecule has 1 unspecified atom stereocenters. The van der Waals surface area contributed by atoms with E-state index < -0.39 is 0 Å². The number of ether oxygens (including phenoxy) is 1. The number of hydrogen-bond donors (Lipinski definition) is 0. The third-order valence-electron chi connectivity index (χ3n) is 5.09. The summed E-state index contributed by atoms with van der Waals surface area (Å²) in [7, 11) is 0. The molecule has 0 radical (unpaired) electrons. The summed E-state index contributed by atoms with van der Waals surface area (Å²) in [6.45, 7) is 5.26. The van der Waals surface area contributed by atoms with Crippen molar-refractivity contribution in [3.63, 3.8) is 0 Å². The fraction of sp³-hybridized carbons (Fsp3) is 0.429. The zero-order valence-electron chi connectivity index (χ0n) is 15.6. The topological polar surface area (TPSA) is 45.7 Å². The monoisotopic (exact) mass is 383 g/mol. The quantitative estimate of drug-likeness (QED) is 0.811. The van der Waals surface area contributed by atoms with Crippen LogP contribution in [0.5, 0.6) is 5.88 Å². The van der Waals surface area contributed by atoms with Gasteiger partial charge in [0.15, 0.2) is 0 Å². The van der Waals surface area contributed by atoms with Crippen molar-refractivity contribution in [2.45, 2.75) is 19.4 Å². The first kappa shape index (κ1) is 18.2. The molecule has 0 bridgehead atoms. The predicted octanol–water partition coefficient (Wildman–Crippen LogP) is 3.24. The molecule has 6 heteroatoms. The fourth-order valence-corrected chi connectivity index (χ4v) is 4.62. The van der Waals surface area contributed by atoms with Crippen molar-refractivity contribution in [2.75, 3.05) is 42.6 Å². The Morgan fingerprint density at radius 2 is 2.04 bits per heavy atom. The number of amides is 1. The number of carbonyl (C=O) groups is 1. The van der Waals surface area contributed by atoms with Crippen LogP contribution in [0.2, 0.25) is 0 Å². The first-order valence-corrected chi connectivity index (χ1v) is 10.7. The Kier molecular flexibility index (Phi) is 5.53. The zero-order chi connectivity index (χ0) is 18.6. The Morgan fingerprint density at radius 3 is 2.70 bits per heavy atom. The number of benzene rings is 1. The highest BCUT2D eigenvalue weighted by molar-refractivity contribution is 7.99. The summed E-state index contributed by atoms with van der Waals surface area (Å²) in [6.07, 6.45) is 2.96.